The molecule has 2 saturated heterocycles. The number of hydrogen-bond acceptors (Lipinski definition) is 6. The quantitative estimate of drug-likeness (QED) is 0.537. The summed E-state index contributed by atoms with van der Waals surface area (Å²) in [6.45, 7) is 6.62. The maximum Gasteiger partial charge on any atom is 0.156 e. The molecule has 3 fully saturated rings. The smallest absolute Gasteiger partial charge is 0.156 e. The Labute approximate surface area is 211 Å². The number of rotatable bonds is 7. The lowest BCUT2D eigenvalue weighted by Gasteiger charge is -2.42. The van der Waals surface area contributed by atoms with Crippen molar-refractivity contribution in [3.8, 4) is 11.3 Å². The fourth-order valence-electron chi connectivity index (χ4n) is 5.73. The average molecular weight is 496 g/mol. The first-order valence-corrected chi connectivity index (χ1v) is 13.3. The second-order valence-corrected chi connectivity index (χ2v) is 10.7. The molecule has 1 saturated carbocycles. The Morgan fingerprint density at radius 1 is 1.03 bits per heavy atom. The summed E-state index contributed by atoms with van der Waals surface area (Å²) in [5.41, 5.74) is 5.37. The van der Waals surface area contributed by atoms with E-state index in [0.717, 1.165) is 80.7 Å². The van der Waals surface area contributed by atoms with Crippen LogP contribution in [0.3, 0.4) is 0 Å². The SMILES string of the molecule is OCC(C1CCOCC1)N1CCN(Cc2c(-c3ccc(Cl)cc3)nc3cnc(C4CC4)cn23)CC1. The van der Waals surface area contributed by atoms with Gasteiger partial charge in [0.1, 0.15) is 0 Å². The summed E-state index contributed by atoms with van der Waals surface area (Å²) >= 11 is 6.17. The molecule has 1 atom stereocenters. The number of halogens is 1. The lowest BCUT2D eigenvalue weighted by molar-refractivity contribution is -0.0106. The van der Waals surface area contributed by atoms with Crippen LogP contribution in [0.5, 0.6) is 0 Å². The van der Waals surface area contributed by atoms with Crippen molar-refractivity contribution in [1.82, 2.24) is 24.2 Å². The summed E-state index contributed by atoms with van der Waals surface area (Å²) in [5, 5.41) is 10.9. The average Bonchev–Trinajstić information content (AvgIpc) is 3.69. The summed E-state index contributed by atoms with van der Waals surface area (Å²) < 4.78 is 7.80. The van der Waals surface area contributed by atoms with Gasteiger partial charge in [-0.05, 0) is 43.7 Å². The molecule has 35 heavy (non-hydrogen) atoms. The van der Waals surface area contributed by atoms with Crippen molar-refractivity contribution in [2.75, 3.05) is 46.0 Å². The van der Waals surface area contributed by atoms with Gasteiger partial charge in [-0.1, -0.05) is 23.7 Å². The summed E-state index contributed by atoms with van der Waals surface area (Å²) in [6.07, 6.45) is 8.69. The van der Waals surface area contributed by atoms with Gasteiger partial charge in [0.15, 0.2) is 5.65 Å². The molecule has 3 aromatic rings. The highest BCUT2D eigenvalue weighted by atomic mass is 35.5. The number of benzene rings is 1. The predicted octanol–water partition coefficient (Wildman–Crippen LogP) is 3.83. The van der Waals surface area contributed by atoms with Crippen LogP contribution in [0.15, 0.2) is 36.7 Å². The molecule has 1 unspecified atom stereocenters. The second-order valence-electron chi connectivity index (χ2n) is 10.2. The summed E-state index contributed by atoms with van der Waals surface area (Å²) in [4.78, 5) is 14.7. The van der Waals surface area contributed by atoms with Gasteiger partial charge in [0, 0.05) is 74.7 Å². The molecule has 4 heterocycles. The third-order valence-corrected chi connectivity index (χ3v) is 8.24. The molecule has 0 bridgehead atoms. The molecule has 2 aliphatic heterocycles. The van der Waals surface area contributed by atoms with Crippen LogP contribution >= 0.6 is 11.6 Å². The molecule has 186 valence electrons. The van der Waals surface area contributed by atoms with Crippen LogP contribution in [0, 0.1) is 5.92 Å². The predicted molar refractivity (Wildman–Crippen MR) is 137 cm³/mol. The van der Waals surface area contributed by atoms with Crippen LogP contribution in [0.2, 0.25) is 5.02 Å². The normalized spacial score (nSPS) is 21.5. The summed E-state index contributed by atoms with van der Waals surface area (Å²) in [5.74, 6) is 1.13. The van der Waals surface area contributed by atoms with Crippen molar-refractivity contribution in [3.63, 3.8) is 0 Å². The maximum atomic E-state index is 10.2. The standard InChI is InChI=1S/C27H34ClN5O2/c28-22-5-3-21(4-6-22)27-24(33-16-23(19-1-2-19)29-15-26(33)30-27)17-31-9-11-32(12-10-31)25(18-34)20-7-13-35-14-8-20/h3-6,15-16,19-20,25,34H,1-2,7-14,17-18H2. The number of aromatic nitrogens is 3. The number of nitrogens with zero attached hydrogens (tertiary/aromatic N) is 5. The molecule has 1 N–H and O–H groups in total. The molecule has 0 spiro atoms. The van der Waals surface area contributed by atoms with Crippen LogP contribution in [0.1, 0.15) is 43.0 Å². The first-order chi connectivity index (χ1) is 17.2. The van der Waals surface area contributed by atoms with Crippen LogP contribution in [0.4, 0.5) is 0 Å². The van der Waals surface area contributed by atoms with E-state index in [1.54, 1.807) is 0 Å². The lowest BCUT2D eigenvalue weighted by atomic mass is 9.90. The Balaban J connectivity index is 1.23. The van der Waals surface area contributed by atoms with Crippen LogP contribution in [-0.2, 0) is 11.3 Å². The number of ether oxygens (including phenoxy) is 1. The Bertz CT molecular complexity index is 1150. The molecule has 8 heteroatoms. The van der Waals surface area contributed by atoms with Gasteiger partial charge in [0.2, 0.25) is 0 Å². The van der Waals surface area contributed by atoms with E-state index in [2.05, 4.69) is 32.5 Å². The molecule has 2 aromatic heterocycles. The maximum absolute atomic E-state index is 10.2. The minimum atomic E-state index is 0.232. The Morgan fingerprint density at radius 2 is 1.77 bits per heavy atom. The van der Waals surface area contributed by atoms with Gasteiger partial charge in [0.25, 0.3) is 0 Å². The molecular weight excluding hydrogens is 462 g/mol. The van der Waals surface area contributed by atoms with Gasteiger partial charge < -0.3 is 9.84 Å². The number of aliphatic hydroxyl groups excluding tert-OH is 1. The van der Waals surface area contributed by atoms with Gasteiger partial charge in [-0.2, -0.15) is 0 Å². The van der Waals surface area contributed by atoms with Crippen molar-refractivity contribution in [1.29, 1.82) is 0 Å². The zero-order chi connectivity index (χ0) is 23.8. The number of imidazole rings is 1. The van der Waals surface area contributed by atoms with E-state index < -0.39 is 0 Å². The molecule has 0 amide bonds. The lowest BCUT2D eigenvalue weighted by Crippen LogP contribution is -2.54. The zero-order valence-corrected chi connectivity index (χ0v) is 20.9. The first-order valence-electron chi connectivity index (χ1n) is 13.0. The van der Waals surface area contributed by atoms with E-state index in [0.29, 0.717) is 11.8 Å². The minimum absolute atomic E-state index is 0.232. The number of hydrogen-bond donors (Lipinski definition) is 1. The van der Waals surface area contributed by atoms with E-state index in [-0.39, 0.29) is 12.6 Å². The highest BCUT2D eigenvalue weighted by molar-refractivity contribution is 6.30. The van der Waals surface area contributed by atoms with Crippen molar-refractivity contribution in [3.05, 3.63) is 53.1 Å². The van der Waals surface area contributed by atoms with Gasteiger partial charge in [-0.15, -0.1) is 0 Å². The monoisotopic (exact) mass is 495 g/mol. The zero-order valence-electron chi connectivity index (χ0n) is 20.2. The van der Waals surface area contributed by atoms with Gasteiger partial charge in [0.05, 0.1) is 29.9 Å². The van der Waals surface area contributed by atoms with Crippen molar-refractivity contribution < 1.29 is 9.84 Å². The molecule has 0 radical (unpaired) electrons. The number of fused-ring (bicyclic) bond motifs is 1. The van der Waals surface area contributed by atoms with Gasteiger partial charge in [-0.3, -0.25) is 19.2 Å². The third kappa shape index (κ3) is 4.98. The Kier molecular flexibility index (Phi) is 6.78. The number of piperazine rings is 1. The Morgan fingerprint density at radius 3 is 2.46 bits per heavy atom. The first kappa shape index (κ1) is 23.4. The van der Waals surface area contributed by atoms with Crippen molar-refractivity contribution in [2.24, 2.45) is 5.92 Å². The molecular formula is C27H34ClN5O2. The van der Waals surface area contributed by atoms with E-state index in [9.17, 15) is 5.11 Å². The highest BCUT2D eigenvalue weighted by Crippen LogP contribution is 2.39. The van der Waals surface area contributed by atoms with Gasteiger partial charge in [-0.25, -0.2) is 4.98 Å². The van der Waals surface area contributed by atoms with Crippen LogP contribution in [-0.4, -0.2) is 81.3 Å². The van der Waals surface area contributed by atoms with Crippen molar-refractivity contribution >= 4 is 17.2 Å². The molecule has 7 nitrogen and oxygen atoms in total. The van der Waals surface area contributed by atoms with Crippen molar-refractivity contribution in [2.45, 2.75) is 44.2 Å². The van der Waals surface area contributed by atoms with E-state index >= 15 is 0 Å². The minimum Gasteiger partial charge on any atom is -0.395 e. The fourth-order valence-corrected chi connectivity index (χ4v) is 5.85. The third-order valence-electron chi connectivity index (χ3n) is 7.99. The topological polar surface area (TPSA) is 66.1 Å². The second kappa shape index (κ2) is 10.1. The van der Waals surface area contributed by atoms with Gasteiger partial charge >= 0.3 is 0 Å². The van der Waals surface area contributed by atoms with Crippen LogP contribution in [0.25, 0.3) is 16.9 Å². The highest BCUT2D eigenvalue weighted by Gasteiger charge is 2.32. The Hall–Kier alpha value is -2.03. The molecule has 3 aliphatic rings. The van der Waals surface area contributed by atoms with E-state index in [1.807, 2.05) is 18.3 Å². The largest absolute Gasteiger partial charge is 0.395 e. The van der Waals surface area contributed by atoms with Crippen LogP contribution < -0.4 is 0 Å². The fraction of sp³-hybridized carbons (Fsp3) is 0.556. The van der Waals surface area contributed by atoms with E-state index in [4.69, 9.17) is 26.3 Å². The molecule has 6 rings (SSSR count). The number of aliphatic hydroxyl groups is 1. The summed E-state index contributed by atoms with van der Waals surface area (Å²) in [6, 6.07) is 8.22. The van der Waals surface area contributed by atoms with E-state index in [1.165, 1.54) is 24.2 Å². The molecule has 1 aromatic carbocycles. The molecule has 1 aliphatic carbocycles. The summed E-state index contributed by atoms with van der Waals surface area (Å²) in [7, 11) is 0.